The van der Waals surface area contributed by atoms with Crippen LogP contribution in [0.15, 0.2) is 0 Å². The normalized spacial score (nSPS) is 13.3. The summed E-state index contributed by atoms with van der Waals surface area (Å²) in [5, 5.41) is -2.28. The maximum absolute atomic E-state index is 10.6. The topological polar surface area (TPSA) is 126 Å². The van der Waals surface area contributed by atoms with Crippen LogP contribution in [0.2, 0.25) is 0 Å². The molecular weight excluding hydrogens is 266 g/mol. The number of rotatable bonds is 9. The first-order valence-electron chi connectivity index (χ1n) is 5.73. The summed E-state index contributed by atoms with van der Waals surface area (Å²) < 4.78 is 21.3. The third-order valence-electron chi connectivity index (χ3n) is 2.55. The van der Waals surface area contributed by atoms with E-state index < -0.39 is 20.6 Å². The van der Waals surface area contributed by atoms with Gasteiger partial charge < -0.3 is 28.7 Å². The summed E-state index contributed by atoms with van der Waals surface area (Å²) in [5.74, 6) is 0. The van der Waals surface area contributed by atoms with Crippen molar-refractivity contribution in [3.05, 3.63) is 0 Å². The van der Waals surface area contributed by atoms with Crippen molar-refractivity contribution < 1.29 is 28.7 Å². The molecule has 104 valence electrons. The maximum Gasteiger partial charge on any atom is 0.0144 e. The van der Waals surface area contributed by atoms with Crippen molar-refractivity contribution in [1.29, 1.82) is 0 Å². The first-order valence-corrected chi connectivity index (χ1v) is 8.95. The van der Waals surface area contributed by atoms with Gasteiger partial charge in [0.1, 0.15) is 0 Å². The van der Waals surface area contributed by atoms with E-state index in [1.54, 1.807) is 0 Å². The second-order valence-electron chi connectivity index (χ2n) is 4.12. The molecule has 0 unspecified atom stereocenters. The molecule has 0 amide bonds. The molecule has 0 spiro atoms. The van der Waals surface area contributed by atoms with Gasteiger partial charge in [0, 0.05) is 5.40 Å². The fraction of sp³-hybridized carbons (Fsp3) is 1.00. The average Bonchev–Trinajstić information content (AvgIpc) is 2.12. The van der Waals surface area contributed by atoms with Crippen LogP contribution in [0.1, 0.15) is 51.9 Å². The van der Waals surface area contributed by atoms with Crippen molar-refractivity contribution in [3.63, 3.8) is 0 Å². The van der Waals surface area contributed by atoms with Crippen LogP contribution in [0.25, 0.3) is 0 Å². The van der Waals surface area contributed by atoms with Gasteiger partial charge in [-0.05, 0) is 6.42 Å². The maximum atomic E-state index is 10.6. The quantitative estimate of drug-likeness (QED) is 0.429. The highest BCUT2D eigenvalue weighted by atomic mass is 31.2. The van der Waals surface area contributed by atoms with E-state index in [9.17, 15) is 28.7 Å². The lowest BCUT2D eigenvalue weighted by molar-refractivity contribution is -0.330. The molecule has 0 aromatic heterocycles. The second kappa shape index (κ2) is 7.67. The van der Waals surface area contributed by atoms with Gasteiger partial charge in [-0.2, -0.15) is 0 Å². The number of unbranched alkanes of at least 4 members (excludes halogenated alkanes) is 5. The van der Waals surface area contributed by atoms with Crippen LogP contribution in [0, 0.1) is 0 Å². The van der Waals surface area contributed by atoms with Gasteiger partial charge in [-0.3, -0.25) is 0 Å². The van der Waals surface area contributed by atoms with Crippen molar-refractivity contribution in [1.82, 2.24) is 0 Å². The molecular formula is C9H18O6P2-4. The third-order valence-corrected chi connectivity index (χ3v) is 6.22. The highest BCUT2D eigenvalue weighted by molar-refractivity contribution is 7.68. The summed E-state index contributed by atoms with van der Waals surface area (Å²) in [4.78, 5) is 42.6. The van der Waals surface area contributed by atoms with Crippen LogP contribution in [0.5, 0.6) is 0 Å². The molecule has 0 aromatic rings. The minimum atomic E-state index is -5.35. The molecule has 0 heterocycles. The summed E-state index contributed by atoms with van der Waals surface area (Å²) in [6, 6.07) is 0. The van der Waals surface area contributed by atoms with Crippen molar-refractivity contribution in [2.45, 2.75) is 57.3 Å². The number of hydrogen-bond donors (Lipinski definition) is 0. The first-order chi connectivity index (χ1) is 7.69. The largest absolute Gasteiger partial charge is 0.810 e. The molecule has 0 aliphatic heterocycles. The Hall–Kier alpha value is 0.300. The van der Waals surface area contributed by atoms with Gasteiger partial charge in [0.2, 0.25) is 0 Å². The Morgan fingerprint density at radius 2 is 1.24 bits per heavy atom. The van der Waals surface area contributed by atoms with E-state index in [2.05, 4.69) is 0 Å². The summed E-state index contributed by atoms with van der Waals surface area (Å²) in [7, 11) is -10.7. The second-order valence-corrected chi connectivity index (χ2v) is 7.93. The lowest BCUT2D eigenvalue weighted by atomic mass is 10.1. The van der Waals surface area contributed by atoms with Gasteiger partial charge in [0.05, 0.1) is 0 Å². The average molecular weight is 284 g/mol. The third kappa shape index (κ3) is 8.09. The molecule has 0 saturated carbocycles. The van der Waals surface area contributed by atoms with Crippen LogP contribution in [0.4, 0.5) is 0 Å². The molecule has 6 nitrogen and oxygen atoms in total. The Bertz CT molecular complexity index is 272. The van der Waals surface area contributed by atoms with E-state index in [0.29, 0.717) is 6.42 Å². The van der Waals surface area contributed by atoms with Crippen LogP contribution in [-0.4, -0.2) is 5.40 Å². The zero-order valence-electron chi connectivity index (χ0n) is 9.87. The molecule has 0 fully saturated rings. The van der Waals surface area contributed by atoms with E-state index in [4.69, 9.17) is 0 Å². The van der Waals surface area contributed by atoms with Crippen molar-refractivity contribution in [2.24, 2.45) is 0 Å². The molecule has 0 radical (unpaired) electrons. The summed E-state index contributed by atoms with van der Waals surface area (Å²) >= 11 is 0. The molecule has 0 aliphatic rings. The molecule has 17 heavy (non-hydrogen) atoms. The molecule has 0 bridgehead atoms. The summed E-state index contributed by atoms with van der Waals surface area (Å²) in [6.45, 7) is 2.05. The van der Waals surface area contributed by atoms with Crippen molar-refractivity contribution in [2.75, 3.05) is 0 Å². The van der Waals surface area contributed by atoms with Crippen LogP contribution >= 0.6 is 15.2 Å². The highest BCUT2D eigenvalue weighted by Gasteiger charge is 2.16. The zero-order chi connectivity index (χ0) is 13.5. The summed E-state index contributed by atoms with van der Waals surface area (Å²) in [5.41, 5.74) is 0. The molecule has 0 aliphatic carbocycles. The first kappa shape index (κ1) is 17.3. The van der Waals surface area contributed by atoms with Crippen LogP contribution in [0.3, 0.4) is 0 Å². The predicted octanol–water partition coefficient (Wildman–Crippen LogP) is -0.109. The Morgan fingerprint density at radius 1 is 0.824 bits per heavy atom. The molecule has 8 heteroatoms. The smallest absolute Gasteiger partial charge is 0.0144 e. The molecule has 0 atom stereocenters. The van der Waals surface area contributed by atoms with E-state index in [0.717, 1.165) is 25.7 Å². The Balaban J connectivity index is 4.05. The van der Waals surface area contributed by atoms with Gasteiger partial charge in [-0.15, -0.1) is 0 Å². The SMILES string of the molecule is CCCCCCCCC(P(=O)([O-])[O-])P(=O)([O-])[O-]. The van der Waals surface area contributed by atoms with Crippen LogP contribution in [-0.2, 0) is 9.13 Å². The van der Waals surface area contributed by atoms with Gasteiger partial charge in [0.25, 0.3) is 0 Å². The lowest BCUT2D eigenvalue weighted by Crippen LogP contribution is -2.33. The Kier molecular flexibility index (Phi) is 7.81. The summed E-state index contributed by atoms with van der Waals surface area (Å²) in [6.07, 6.45) is 4.50. The minimum Gasteiger partial charge on any atom is -0.810 e. The fourth-order valence-electron chi connectivity index (χ4n) is 1.60. The van der Waals surface area contributed by atoms with Crippen molar-refractivity contribution >= 4 is 15.2 Å². The molecule has 0 saturated heterocycles. The number of hydrogen-bond acceptors (Lipinski definition) is 6. The van der Waals surface area contributed by atoms with Gasteiger partial charge in [0.15, 0.2) is 0 Å². The van der Waals surface area contributed by atoms with Crippen molar-refractivity contribution in [3.8, 4) is 0 Å². The standard InChI is InChI=1S/C9H22O6P2/c1-2-3-4-5-6-7-8-9(16(10,11)12)17(13,14)15/h9H,2-8H2,1H3,(H2,10,11,12)(H2,13,14,15)/p-4. The lowest BCUT2D eigenvalue weighted by Gasteiger charge is -2.49. The molecule has 0 N–H and O–H groups in total. The molecule has 0 rings (SSSR count). The van der Waals surface area contributed by atoms with E-state index in [1.165, 1.54) is 0 Å². The van der Waals surface area contributed by atoms with Gasteiger partial charge >= 0.3 is 0 Å². The van der Waals surface area contributed by atoms with E-state index in [1.807, 2.05) is 6.92 Å². The van der Waals surface area contributed by atoms with E-state index >= 15 is 0 Å². The monoisotopic (exact) mass is 284 g/mol. The Labute approximate surface area is 102 Å². The minimum absolute atomic E-state index is 0.275. The van der Waals surface area contributed by atoms with Gasteiger partial charge in [-0.25, -0.2) is 0 Å². The predicted molar refractivity (Wildman–Crippen MR) is 57.0 cm³/mol. The van der Waals surface area contributed by atoms with E-state index in [-0.39, 0.29) is 12.8 Å². The fourth-order valence-corrected chi connectivity index (χ4v) is 3.98. The zero-order valence-corrected chi connectivity index (χ0v) is 11.7. The Morgan fingerprint density at radius 3 is 1.65 bits per heavy atom. The highest BCUT2D eigenvalue weighted by Crippen LogP contribution is 2.52. The van der Waals surface area contributed by atoms with Gasteiger partial charge in [-0.1, -0.05) is 60.6 Å². The van der Waals surface area contributed by atoms with Crippen LogP contribution < -0.4 is 19.6 Å². The molecule has 0 aromatic carbocycles.